The fraction of sp³-hybridized carbons (Fsp3) is 0.143. The smallest absolute Gasteiger partial charge is 0.278 e. The summed E-state index contributed by atoms with van der Waals surface area (Å²) < 4.78 is 1.67. The third kappa shape index (κ3) is 2.81. The molecule has 3 heterocycles. The Morgan fingerprint density at radius 2 is 1.96 bits per heavy atom. The molecule has 0 aliphatic carbocycles. The van der Waals surface area contributed by atoms with Crippen molar-refractivity contribution in [1.82, 2.24) is 9.66 Å². The summed E-state index contributed by atoms with van der Waals surface area (Å²) in [6.07, 6.45) is 6.17. The molecule has 0 N–H and O–H groups in total. The van der Waals surface area contributed by atoms with Crippen LogP contribution in [0.25, 0.3) is 0 Å². The van der Waals surface area contributed by atoms with Crippen LogP contribution in [-0.2, 0) is 6.42 Å². The van der Waals surface area contributed by atoms with E-state index in [-0.39, 0.29) is 5.56 Å². The molecular weight excluding hydrogens is 310 g/mol. The van der Waals surface area contributed by atoms with Gasteiger partial charge in [0.15, 0.2) is 0 Å². The Morgan fingerprint density at radius 1 is 1.08 bits per heavy atom. The number of rotatable bonds is 1. The first kappa shape index (κ1) is 15.2. The monoisotopic (exact) mass is 327 g/mol. The van der Waals surface area contributed by atoms with E-state index < -0.39 is 0 Å². The summed E-state index contributed by atoms with van der Waals surface area (Å²) in [5, 5.41) is 2.02. The number of hydrogen-bond donors (Lipinski definition) is 0. The minimum atomic E-state index is -0.0897. The molecule has 0 radical (unpaired) electrons. The zero-order valence-corrected chi connectivity index (χ0v) is 13.9. The molecule has 1 aliphatic rings. The first-order valence-electron chi connectivity index (χ1n) is 8.24. The standard InChI is InChI=1S/C21H17N3O/c1-16-10-13-24(23-14-11-18-6-2-3-7-20(18)23)21(25)19(16)9-8-17-5-4-12-22-15-17/h2-7,10,12-13,15H,11,14H2,1H3. The van der Waals surface area contributed by atoms with Crippen molar-refractivity contribution in [1.29, 1.82) is 0 Å². The van der Waals surface area contributed by atoms with Gasteiger partial charge in [-0.05, 0) is 48.7 Å². The fourth-order valence-electron chi connectivity index (χ4n) is 3.07. The Labute approximate surface area is 146 Å². The van der Waals surface area contributed by atoms with E-state index in [0.29, 0.717) is 5.56 Å². The van der Waals surface area contributed by atoms with Crippen LogP contribution in [0.3, 0.4) is 0 Å². The fourth-order valence-corrected chi connectivity index (χ4v) is 3.07. The Kier molecular flexibility index (Phi) is 3.83. The van der Waals surface area contributed by atoms with Gasteiger partial charge in [0.1, 0.15) is 0 Å². The summed E-state index contributed by atoms with van der Waals surface area (Å²) in [5.74, 6) is 6.07. The zero-order chi connectivity index (χ0) is 17.2. The van der Waals surface area contributed by atoms with Crippen LogP contribution in [0.1, 0.15) is 22.3 Å². The lowest BCUT2D eigenvalue weighted by Crippen LogP contribution is -2.38. The van der Waals surface area contributed by atoms with Crippen molar-refractivity contribution in [3.8, 4) is 11.8 Å². The molecule has 1 aliphatic heterocycles. The van der Waals surface area contributed by atoms with Gasteiger partial charge in [-0.15, -0.1) is 0 Å². The number of nitrogens with zero attached hydrogens (tertiary/aromatic N) is 3. The van der Waals surface area contributed by atoms with Crippen LogP contribution in [-0.4, -0.2) is 16.2 Å². The molecule has 0 spiro atoms. The lowest BCUT2D eigenvalue weighted by molar-refractivity contribution is 0.689. The van der Waals surface area contributed by atoms with Crippen LogP contribution in [0.4, 0.5) is 5.69 Å². The minimum Gasteiger partial charge on any atom is -0.278 e. The molecule has 4 rings (SSSR count). The third-order valence-corrected chi connectivity index (χ3v) is 4.40. The first-order valence-corrected chi connectivity index (χ1v) is 8.24. The van der Waals surface area contributed by atoms with Crippen LogP contribution in [0.2, 0.25) is 0 Å². The maximum absolute atomic E-state index is 13.0. The van der Waals surface area contributed by atoms with Gasteiger partial charge in [-0.2, -0.15) is 0 Å². The van der Waals surface area contributed by atoms with Gasteiger partial charge in [-0.25, -0.2) is 4.68 Å². The van der Waals surface area contributed by atoms with E-state index in [1.54, 1.807) is 17.1 Å². The second kappa shape index (κ2) is 6.29. The van der Waals surface area contributed by atoms with Crippen molar-refractivity contribution < 1.29 is 0 Å². The highest BCUT2D eigenvalue weighted by Gasteiger charge is 2.21. The number of aromatic nitrogens is 2. The van der Waals surface area contributed by atoms with Crippen molar-refractivity contribution in [3.63, 3.8) is 0 Å². The number of pyridine rings is 2. The van der Waals surface area contributed by atoms with E-state index in [1.807, 2.05) is 48.5 Å². The topological polar surface area (TPSA) is 38.1 Å². The van der Waals surface area contributed by atoms with Crippen molar-refractivity contribution in [2.24, 2.45) is 0 Å². The number of aryl methyl sites for hydroxylation is 1. The van der Waals surface area contributed by atoms with Gasteiger partial charge >= 0.3 is 0 Å². The third-order valence-electron chi connectivity index (χ3n) is 4.40. The SMILES string of the molecule is Cc1ccn(N2CCc3ccccc32)c(=O)c1C#Cc1cccnc1. The molecule has 1 aromatic carbocycles. The van der Waals surface area contributed by atoms with Gasteiger partial charge in [0.25, 0.3) is 5.56 Å². The van der Waals surface area contributed by atoms with Gasteiger partial charge in [-0.1, -0.05) is 30.0 Å². The molecule has 3 aromatic rings. The molecule has 0 unspecified atom stereocenters. The Hall–Kier alpha value is -3.32. The van der Waals surface area contributed by atoms with Crippen LogP contribution in [0.15, 0.2) is 65.8 Å². The number of fused-ring (bicyclic) bond motifs is 1. The summed E-state index contributed by atoms with van der Waals surface area (Å²) in [7, 11) is 0. The largest absolute Gasteiger partial charge is 0.285 e. The van der Waals surface area contributed by atoms with Crippen molar-refractivity contribution in [2.45, 2.75) is 13.3 Å². The summed E-state index contributed by atoms with van der Waals surface area (Å²) >= 11 is 0. The molecule has 0 saturated heterocycles. The summed E-state index contributed by atoms with van der Waals surface area (Å²) in [6.45, 7) is 2.70. The summed E-state index contributed by atoms with van der Waals surface area (Å²) in [4.78, 5) is 17.1. The predicted molar refractivity (Wildman–Crippen MR) is 98.5 cm³/mol. The number of benzene rings is 1. The normalized spacial score (nSPS) is 12.4. The zero-order valence-electron chi connectivity index (χ0n) is 13.9. The maximum atomic E-state index is 13.0. The molecule has 0 bridgehead atoms. The molecule has 0 atom stereocenters. The number of hydrogen-bond acceptors (Lipinski definition) is 3. The summed E-state index contributed by atoms with van der Waals surface area (Å²) in [6, 6.07) is 13.8. The van der Waals surface area contributed by atoms with Crippen LogP contribution < -0.4 is 10.6 Å². The molecular formula is C21H17N3O. The van der Waals surface area contributed by atoms with Gasteiger partial charge in [0.05, 0.1) is 11.3 Å². The van der Waals surface area contributed by atoms with E-state index in [0.717, 1.165) is 29.8 Å². The minimum absolute atomic E-state index is 0.0897. The van der Waals surface area contributed by atoms with Gasteiger partial charge < -0.3 is 0 Å². The van der Waals surface area contributed by atoms with E-state index in [9.17, 15) is 4.79 Å². The van der Waals surface area contributed by atoms with Gasteiger partial charge in [0, 0.05) is 30.7 Å². The molecule has 4 nitrogen and oxygen atoms in total. The Balaban J connectivity index is 1.78. The number of anilines is 1. The first-order chi connectivity index (χ1) is 12.2. The van der Waals surface area contributed by atoms with Crippen molar-refractivity contribution in [3.05, 3.63) is 93.7 Å². The van der Waals surface area contributed by atoms with Crippen LogP contribution in [0, 0.1) is 18.8 Å². The molecule has 25 heavy (non-hydrogen) atoms. The average Bonchev–Trinajstić information content (AvgIpc) is 3.06. The average molecular weight is 327 g/mol. The van der Waals surface area contributed by atoms with Gasteiger partial charge in [-0.3, -0.25) is 14.8 Å². The van der Waals surface area contributed by atoms with E-state index in [2.05, 4.69) is 29.0 Å². The van der Waals surface area contributed by atoms with E-state index in [4.69, 9.17) is 0 Å². The highest BCUT2D eigenvalue weighted by molar-refractivity contribution is 5.58. The predicted octanol–water partition coefficient (Wildman–Crippen LogP) is 2.78. The molecule has 2 aromatic heterocycles. The van der Waals surface area contributed by atoms with Crippen LogP contribution >= 0.6 is 0 Å². The van der Waals surface area contributed by atoms with Crippen LogP contribution in [0.5, 0.6) is 0 Å². The van der Waals surface area contributed by atoms with Gasteiger partial charge in [0.2, 0.25) is 0 Å². The second-order valence-electron chi connectivity index (χ2n) is 6.02. The van der Waals surface area contributed by atoms with Crippen molar-refractivity contribution >= 4 is 5.69 Å². The molecule has 122 valence electrons. The Morgan fingerprint density at radius 3 is 2.80 bits per heavy atom. The number of para-hydroxylation sites is 1. The quantitative estimate of drug-likeness (QED) is 0.645. The van der Waals surface area contributed by atoms with E-state index in [1.165, 1.54) is 5.56 Å². The molecule has 0 fully saturated rings. The maximum Gasteiger partial charge on any atom is 0.285 e. The van der Waals surface area contributed by atoms with Crippen molar-refractivity contribution in [2.75, 3.05) is 11.6 Å². The molecule has 0 saturated carbocycles. The molecule has 0 amide bonds. The van der Waals surface area contributed by atoms with E-state index >= 15 is 0 Å². The highest BCUT2D eigenvalue weighted by atomic mass is 16.1. The lowest BCUT2D eigenvalue weighted by Gasteiger charge is -2.22. The lowest BCUT2D eigenvalue weighted by atomic mass is 10.1. The Bertz CT molecular complexity index is 1040. The highest BCUT2D eigenvalue weighted by Crippen LogP contribution is 2.27. The summed E-state index contributed by atoms with van der Waals surface area (Å²) in [5.41, 5.74) is 4.45. The second-order valence-corrected chi connectivity index (χ2v) is 6.02. The molecule has 4 heteroatoms.